The van der Waals surface area contributed by atoms with Gasteiger partial charge in [-0.15, -0.1) is 0 Å². The van der Waals surface area contributed by atoms with Gasteiger partial charge in [-0.05, 0) is 50.8 Å². The molecule has 0 saturated carbocycles. The molecule has 4 heteroatoms. The van der Waals surface area contributed by atoms with Crippen molar-refractivity contribution in [1.82, 2.24) is 10.2 Å². The van der Waals surface area contributed by atoms with Gasteiger partial charge in [-0.25, -0.2) is 0 Å². The number of benzene rings is 2. The summed E-state index contributed by atoms with van der Waals surface area (Å²) in [6, 6.07) is 20.8. The van der Waals surface area contributed by atoms with E-state index in [2.05, 4.69) is 45.9 Å². The van der Waals surface area contributed by atoms with Crippen LogP contribution in [0, 0.1) is 0 Å². The third-order valence-electron chi connectivity index (χ3n) is 5.28. The van der Waals surface area contributed by atoms with Crippen LogP contribution in [0.2, 0.25) is 0 Å². The van der Waals surface area contributed by atoms with Crippen molar-refractivity contribution in [2.24, 2.45) is 0 Å². The molecule has 2 N–H and O–H groups in total. The first kappa shape index (κ1) is 19.4. The van der Waals surface area contributed by atoms with Crippen molar-refractivity contribution in [3.05, 3.63) is 66.2 Å². The van der Waals surface area contributed by atoms with Gasteiger partial charge in [-0.2, -0.15) is 0 Å². The summed E-state index contributed by atoms with van der Waals surface area (Å²) in [6.07, 6.45) is 2.68. The third kappa shape index (κ3) is 5.33. The Morgan fingerprint density at radius 1 is 1.00 bits per heavy atom. The minimum atomic E-state index is -0.533. The number of para-hydroxylation sites is 1. The number of carbonyl (C=O) groups is 1. The monoisotopic (exact) mass is 365 g/mol. The second kappa shape index (κ2) is 9.05. The van der Waals surface area contributed by atoms with E-state index < -0.39 is 5.54 Å². The maximum Gasteiger partial charge on any atom is 0.245 e. The smallest absolute Gasteiger partial charge is 0.245 e. The van der Waals surface area contributed by atoms with Crippen LogP contribution in [0.4, 0.5) is 5.69 Å². The molecular formula is C23H31N3O. The molecule has 1 heterocycles. The van der Waals surface area contributed by atoms with Crippen LogP contribution in [-0.4, -0.2) is 42.0 Å². The Morgan fingerprint density at radius 3 is 2.19 bits per heavy atom. The summed E-state index contributed by atoms with van der Waals surface area (Å²) in [5.74, 6) is 0.115. The number of anilines is 1. The summed E-state index contributed by atoms with van der Waals surface area (Å²) >= 11 is 0. The van der Waals surface area contributed by atoms with Gasteiger partial charge in [0.2, 0.25) is 5.91 Å². The van der Waals surface area contributed by atoms with Gasteiger partial charge in [-0.3, -0.25) is 4.79 Å². The number of amides is 1. The van der Waals surface area contributed by atoms with Crippen molar-refractivity contribution in [3.8, 4) is 0 Å². The Bertz CT molecular complexity index is 707. The van der Waals surface area contributed by atoms with E-state index in [0.717, 1.165) is 44.6 Å². The first-order valence-electron chi connectivity index (χ1n) is 9.98. The predicted octanol–water partition coefficient (Wildman–Crippen LogP) is 3.70. The van der Waals surface area contributed by atoms with E-state index in [0.29, 0.717) is 0 Å². The van der Waals surface area contributed by atoms with Crippen LogP contribution in [0.1, 0.15) is 32.3 Å². The number of nitrogens with zero attached hydrogens (tertiary/aromatic N) is 1. The Balaban J connectivity index is 1.63. The Morgan fingerprint density at radius 2 is 1.59 bits per heavy atom. The molecule has 1 amide bonds. The number of likely N-dealkylation sites (tertiary alicyclic amines) is 1. The number of hydrogen-bond donors (Lipinski definition) is 2. The molecule has 0 atom stereocenters. The van der Waals surface area contributed by atoms with Crippen LogP contribution in [0.25, 0.3) is 0 Å². The normalized spacial score (nSPS) is 16.9. The Hall–Kier alpha value is -2.33. The molecule has 1 aliphatic heterocycles. The van der Waals surface area contributed by atoms with E-state index in [1.165, 1.54) is 5.56 Å². The standard InChI is InChI=1S/C23H31N3O/c1-19(2)24-22(27)23(25-21-11-7-4-8-12-21)14-17-26(18-15-23)16-13-20-9-5-3-6-10-20/h3-12,19,25H,13-18H2,1-2H3,(H,24,27). The highest BCUT2D eigenvalue weighted by Gasteiger charge is 2.41. The van der Waals surface area contributed by atoms with Crippen molar-refractivity contribution < 1.29 is 4.79 Å². The highest BCUT2D eigenvalue weighted by atomic mass is 16.2. The first-order chi connectivity index (χ1) is 13.1. The average Bonchev–Trinajstić information content (AvgIpc) is 2.68. The summed E-state index contributed by atoms with van der Waals surface area (Å²) in [6.45, 7) is 6.93. The van der Waals surface area contributed by atoms with E-state index in [1.807, 2.05) is 44.2 Å². The molecule has 1 aliphatic rings. The van der Waals surface area contributed by atoms with Crippen LogP contribution >= 0.6 is 0 Å². The summed E-state index contributed by atoms with van der Waals surface area (Å²) in [7, 11) is 0. The highest BCUT2D eigenvalue weighted by Crippen LogP contribution is 2.28. The average molecular weight is 366 g/mol. The molecule has 2 aromatic carbocycles. The van der Waals surface area contributed by atoms with Gasteiger partial charge >= 0.3 is 0 Å². The molecule has 144 valence electrons. The van der Waals surface area contributed by atoms with Crippen LogP contribution in [-0.2, 0) is 11.2 Å². The van der Waals surface area contributed by atoms with E-state index >= 15 is 0 Å². The summed E-state index contributed by atoms with van der Waals surface area (Å²) < 4.78 is 0. The van der Waals surface area contributed by atoms with Gasteiger partial charge in [0.05, 0.1) is 0 Å². The van der Waals surface area contributed by atoms with Gasteiger partial charge in [0.15, 0.2) is 0 Å². The zero-order valence-corrected chi connectivity index (χ0v) is 16.4. The number of hydrogen-bond acceptors (Lipinski definition) is 3. The second-order valence-electron chi connectivity index (χ2n) is 7.78. The van der Waals surface area contributed by atoms with E-state index in [4.69, 9.17) is 0 Å². The SMILES string of the molecule is CC(C)NC(=O)C1(Nc2ccccc2)CCN(CCc2ccccc2)CC1. The minimum absolute atomic E-state index is 0.115. The molecule has 0 spiro atoms. The fraction of sp³-hybridized carbons (Fsp3) is 0.435. The van der Waals surface area contributed by atoms with Crippen LogP contribution in [0.3, 0.4) is 0 Å². The van der Waals surface area contributed by atoms with E-state index in [-0.39, 0.29) is 11.9 Å². The lowest BCUT2D eigenvalue weighted by Crippen LogP contribution is -2.59. The lowest BCUT2D eigenvalue weighted by molar-refractivity contribution is -0.127. The fourth-order valence-electron chi connectivity index (χ4n) is 3.70. The molecule has 0 unspecified atom stereocenters. The molecule has 0 aliphatic carbocycles. The van der Waals surface area contributed by atoms with E-state index in [9.17, 15) is 4.79 Å². The number of nitrogens with one attached hydrogen (secondary N) is 2. The topological polar surface area (TPSA) is 44.4 Å². The zero-order valence-electron chi connectivity index (χ0n) is 16.4. The van der Waals surface area contributed by atoms with Crippen molar-refractivity contribution in [2.75, 3.05) is 25.0 Å². The Kier molecular flexibility index (Phi) is 6.51. The van der Waals surface area contributed by atoms with Crippen molar-refractivity contribution in [3.63, 3.8) is 0 Å². The first-order valence-corrected chi connectivity index (χ1v) is 9.98. The fourth-order valence-corrected chi connectivity index (χ4v) is 3.70. The molecule has 1 fully saturated rings. The van der Waals surface area contributed by atoms with Gasteiger partial charge in [0.25, 0.3) is 0 Å². The number of piperidine rings is 1. The van der Waals surface area contributed by atoms with Crippen molar-refractivity contribution >= 4 is 11.6 Å². The maximum atomic E-state index is 13.0. The Labute approximate surface area is 163 Å². The number of rotatable bonds is 7. The van der Waals surface area contributed by atoms with Crippen LogP contribution < -0.4 is 10.6 Å². The van der Waals surface area contributed by atoms with Gasteiger partial charge in [-0.1, -0.05) is 48.5 Å². The molecule has 27 heavy (non-hydrogen) atoms. The zero-order chi connectivity index (χ0) is 19.1. The molecule has 0 aromatic heterocycles. The molecule has 0 radical (unpaired) electrons. The lowest BCUT2D eigenvalue weighted by Gasteiger charge is -2.42. The minimum Gasteiger partial charge on any atom is -0.371 e. The lowest BCUT2D eigenvalue weighted by atomic mass is 9.85. The van der Waals surface area contributed by atoms with Gasteiger partial charge in [0, 0.05) is 31.4 Å². The largest absolute Gasteiger partial charge is 0.371 e. The van der Waals surface area contributed by atoms with E-state index in [1.54, 1.807) is 0 Å². The summed E-state index contributed by atoms with van der Waals surface area (Å²) in [4.78, 5) is 15.5. The molecule has 0 bridgehead atoms. The molecule has 4 nitrogen and oxygen atoms in total. The van der Waals surface area contributed by atoms with Crippen molar-refractivity contribution in [2.45, 2.75) is 44.7 Å². The predicted molar refractivity (Wildman–Crippen MR) is 112 cm³/mol. The van der Waals surface area contributed by atoms with Crippen LogP contribution in [0.15, 0.2) is 60.7 Å². The maximum absolute atomic E-state index is 13.0. The second-order valence-corrected chi connectivity index (χ2v) is 7.78. The van der Waals surface area contributed by atoms with Gasteiger partial charge in [0.1, 0.15) is 5.54 Å². The molecular weight excluding hydrogens is 334 g/mol. The summed E-state index contributed by atoms with van der Waals surface area (Å²) in [5, 5.41) is 6.68. The third-order valence-corrected chi connectivity index (χ3v) is 5.28. The number of carbonyl (C=O) groups excluding carboxylic acids is 1. The highest BCUT2D eigenvalue weighted by molar-refractivity contribution is 5.89. The molecule has 2 aromatic rings. The van der Waals surface area contributed by atoms with Crippen LogP contribution in [0.5, 0.6) is 0 Å². The van der Waals surface area contributed by atoms with Crippen molar-refractivity contribution in [1.29, 1.82) is 0 Å². The molecule has 3 rings (SSSR count). The molecule has 1 saturated heterocycles. The van der Waals surface area contributed by atoms with Gasteiger partial charge < -0.3 is 15.5 Å². The quantitative estimate of drug-likeness (QED) is 0.786. The summed E-state index contributed by atoms with van der Waals surface area (Å²) in [5.41, 5.74) is 1.85.